The van der Waals surface area contributed by atoms with Crippen LogP contribution in [0.2, 0.25) is 0 Å². The maximum Gasteiger partial charge on any atom is 0.325 e. The Kier molecular flexibility index (Phi) is 4.02. The number of nitrogens with one attached hydrogen (secondary N) is 1. The highest BCUT2D eigenvalue weighted by atomic mass is 19.1. The summed E-state index contributed by atoms with van der Waals surface area (Å²) in [6.07, 6.45) is 0. The van der Waals surface area contributed by atoms with Gasteiger partial charge in [-0.1, -0.05) is 17.3 Å². The number of benzene rings is 1. The van der Waals surface area contributed by atoms with E-state index in [-0.39, 0.29) is 24.1 Å². The first-order chi connectivity index (χ1) is 13.3. The number of rotatable bonds is 4. The van der Waals surface area contributed by atoms with Crippen LogP contribution in [0.1, 0.15) is 29.9 Å². The van der Waals surface area contributed by atoms with E-state index in [4.69, 9.17) is 8.94 Å². The van der Waals surface area contributed by atoms with Gasteiger partial charge in [0.1, 0.15) is 23.9 Å². The zero-order valence-electron chi connectivity index (χ0n) is 15.4. The van der Waals surface area contributed by atoms with Crippen molar-refractivity contribution in [1.29, 1.82) is 0 Å². The number of hydrogen-bond acceptors (Lipinski definition) is 6. The van der Waals surface area contributed by atoms with Crippen LogP contribution in [0, 0.1) is 19.7 Å². The van der Waals surface area contributed by atoms with Gasteiger partial charge in [0, 0.05) is 5.56 Å². The number of aryl methyl sites for hydroxylation is 2. The van der Waals surface area contributed by atoms with E-state index in [1.165, 1.54) is 6.07 Å². The fraction of sp³-hybridized carbons (Fsp3) is 0.263. The highest BCUT2D eigenvalue weighted by molar-refractivity contribution is 6.06. The van der Waals surface area contributed by atoms with Crippen LogP contribution in [-0.2, 0) is 16.9 Å². The number of carbonyl (C=O) groups is 2. The van der Waals surface area contributed by atoms with Gasteiger partial charge in [-0.2, -0.15) is 4.98 Å². The first-order valence-corrected chi connectivity index (χ1v) is 8.58. The minimum atomic E-state index is -1.31. The molecule has 3 heterocycles. The Balaban J connectivity index is 1.56. The molecular formula is C19H17FN4O4. The lowest BCUT2D eigenvalue weighted by atomic mass is 9.99. The Hall–Kier alpha value is -3.49. The first-order valence-electron chi connectivity index (χ1n) is 8.58. The summed E-state index contributed by atoms with van der Waals surface area (Å²) in [5.41, 5.74) is -0.376. The van der Waals surface area contributed by atoms with Crippen molar-refractivity contribution in [2.45, 2.75) is 32.9 Å². The average Bonchev–Trinajstić information content (AvgIpc) is 3.34. The van der Waals surface area contributed by atoms with Gasteiger partial charge in [0.25, 0.3) is 5.91 Å². The largest absolute Gasteiger partial charge is 0.463 e. The molecule has 1 unspecified atom stereocenters. The lowest BCUT2D eigenvalue weighted by Gasteiger charge is -2.18. The third-order valence-corrected chi connectivity index (χ3v) is 4.70. The Bertz CT molecular complexity index is 1090. The molecule has 4 rings (SSSR count). The summed E-state index contributed by atoms with van der Waals surface area (Å²) in [5, 5.41) is 6.44. The lowest BCUT2D eigenvalue weighted by Crippen LogP contribution is -2.40. The average molecular weight is 384 g/mol. The van der Waals surface area contributed by atoms with Crippen LogP contribution in [0.3, 0.4) is 0 Å². The lowest BCUT2D eigenvalue weighted by molar-refractivity contribution is -0.132. The zero-order chi connectivity index (χ0) is 20.1. The van der Waals surface area contributed by atoms with E-state index in [0.29, 0.717) is 22.6 Å². The molecule has 3 aromatic rings. The van der Waals surface area contributed by atoms with Crippen LogP contribution < -0.4 is 5.32 Å². The van der Waals surface area contributed by atoms with Crippen molar-refractivity contribution < 1.29 is 22.9 Å². The van der Waals surface area contributed by atoms with Gasteiger partial charge >= 0.3 is 6.03 Å². The molecule has 1 N–H and O–H groups in total. The number of aromatic nitrogens is 2. The Labute approximate surface area is 159 Å². The second-order valence-electron chi connectivity index (χ2n) is 6.83. The zero-order valence-corrected chi connectivity index (χ0v) is 15.4. The molecule has 8 nitrogen and oxygen atoms in total. The summed E-state index contributed by atoms with van der Waals surface area (Å²) in [6.45, 7) is 4.76. The molecule has 0 saturated carbocycles. The maximum absolute atomic E-state index is 13.7. The van der Waals surface area contributed by atoms with Gasteiger partial charge in [-0.3, -0.25) is 9.69 Å². The van der Waals surface area contributed by atoms with Gasteiger partial charge in [-0.25, -0.2) is 9.18 Å². The third-order valence-electron chi connectivity index (χ3n) is 4.70. The van der Waals surface area contributed by atoms with E-state index in [2.05, 4.69) is 15.5 Å². The Morgan fingerprint density at radius 1 is 1.21 bits per heavy atom. The van der Waals surface area contributed by atoms with Crippen molar-refractivity contribution in [2.24, 2.45) is 0 Å². The number of urea groups is 1. The van der Waals surface area contributed by atoms with Crippen LogP contribution >= 0.6 is 0 Å². The topological polar surface area (TPSA) is 101 Å². The normalized spacial score (nSPS) is 19.4. The van der Waals surface area contributed by atoms with Crippen molar-refractivity contribution in [3.8, 4) is 11.4 Å². The molecule has 0 spiro atoms. The highest BCUT2D eigenvalue weighted by Gasteiger charge is 2.51. The SMILES string of the molecule is Cc1ccc(C2(C)NC(=O)N(Cc3nc(-c4ccc(C)c(F)c4)no3)C2=O)o1. The molecule has 0 bridgehead atoms. The maximum atomic E-state index is 13.7. The summed E-state index contributed by atoms with van der Waals surface area (Å²) < 4.78 is 24.4. The highest BCUT2D eigenvalue weighted by Crippen LogP contribution is 2.31. The number of imide groups is 1. The molecule has 2 aromatic heterocycles. The predicted molar refractivity (Wildman–Crippen MR) is 94.3 cm³/mol. The van der Waals surface area contributed by atoms with Crippen LogP contribution in [0.25, 0.3) is 11.4 Å². The smallest absolute Gasteiger partial charge is 0.325 e. The number of amides is 3. The quantitative estimate of drug-likeness (QED) is 0.694. The molecule has 1 aliphatic heterocycles. The number of hydrogen-bond donors (Lipinski definition) is 1. The van der Waals surface area contributed by atoms with Gasteiger partial charge in [-0.05, 0) is 44.5 Å². The van der Waals surface area contributed by atoms with E-state index >= 15 is 0 Å². The molecule has 3 amide bonds. The van der Waals surface area contributed by atoms with Gasteiger partial charge in [0.2, 0.25) is 11.7 Å². The molecule has 9 heteroatoms. The molecule has 0 radical (unpaired) electrons. The van der Waals surface area contributed by atoms with E-state index < -0.39 is 17.5 Å². The minimum Gasteiger partial charge on any atom is -0.463 e. The number of carbonyl (C=O) groups excluding carboxylic acids is 2. The Morgan fingerprint density at radius 2 is 2.00 bits per heavy atom. The summed E-state index contributed by atoms with van der Waals surface area (Å²) in [4.78, 5) is 30.4. The van der Waals surface area contributed by atoms with Crippen molar-refractivity contribution in [1.82, 2.24) is 20.4 Å². The molecule has 1 aromatic carbocycles. The molecule has 1 saturated heterocycles. The molecule has 0 aliphatic carbocycles. The second-order valence-corrected chi connectivity index (χ2v) is 6.83. The number of halogens is 1. The molecule has 1 aliphatic rings. The molecule has 28 heavy (non-hydrogen) atoms. The minimum absolute atomic E-state index is 0.0550. The first kappa shape index (κ1) is 17.9. The predicted octanol–water partition coefficient (Wildman–Crippen LogP) is 3.05. The molecule has 1 fully saturated rings. The third kappa shape index (κ3) is 2.84. The van der Waals surface area contributed by atoms with Crippen molar-refractivity contribution >= 4 is 11.9 Å². The van der Waals surface area contributed by atoms with E-state index in [9.17, 15) is 14.0 Å². The summed E-state index contributed by atoms with van der Waals surface area (Å²) in [5.74, 6) is 0.316. The van der Waals surface area contributed by atoms with Gasteiger partial charge < -0.3 is 14.3 Å². The molecular weight excluding hydrogens is 367 g/mol. The number of nitrogens with zero attached hydrogens (tertiary/aromatic N) is 3. The van der Waals surface area contributed by atoms with Crippen molar-refractivity contribution in [3.63, 3.8) is 0 Å². The number of furan rings is 1. The summed E-state index contributed by atoms with van der Waals surface area (Å²) in [7, 11) is 0. The van der Waals surface area contributed by atoms with Crippen LogP contribution in [0.5, 0.6) is 0 Å². The van der Waals surface area contributed by atoms with Crippen molar-refractivity contribution in [3.05, 3.63) is 59.1 Å². The monoisotopic (exact) mass is 384 g/mol. The van der Waals surface area contributed by atoms with Crippen molar-refractivity contribution in [2.75, 3.05) is 0 Å². The Morgan fingerprint density at radius 3 is 2.68 bits per heavy atom. The van der Waals surface area contributed by atoms with E-state index in [1.54, 1.807) is 45.0 Å². The summed E-state index contributed by atoms with van der Waals surface area (Å²) in [6, 6.07) is 7.34. The summed E-state index contributed by atoms with van der Waals surface area (Å²) >= 11 is 0. The van der Waals surface area contributed by atoms with Crippen LogP contribution in [0.4, 0.5) is 9.18 Å². The fourth-order valence-corrected chi connectivity index (χ4v) is 3.01. The fourth-order valence-electron chi connectivity index (χ4n) is 3.01. The van der Waals surface area contributed by atoms with Crippen LogP contribution in [0.15, 0.2) is 39.3 Å². The molecule has 1 atom stereocenters. The second kappa shape index (κ2) is 6.29. The van der Waals surface area contributed by atoms with E-state index in [0.717, 1.165) is 4.90 Å². The standard InChI is InChI=1S/C19H17FN4O4/c1-10-4-6-12(8-13(10)20)16-21-15(28-23-16)9-24-17(25)19(3,22-18(24)26)14-7-5-11(2)27-14/h4-8H,9H2,1-3H3,(H,22,26). The van der Waals surface area contributed by atoms with E-state index in [1.807, 2.05) is 0 Å². The van der Waals surface area contributed by atoms with Crippen LogP contribution in [-0.4, -0.2) is 27.0 Å². The van der Waals surface area contributed by atoms with Gasteiger partial charge in [-0.15, -0.1) is 0 Å². The molecule has 144 valence electrons. The van der Waals surface area contributed by atoms with Gasteiger partial charge in [0.15, 0.2) is 5.54 Å². The van der Waals surface area contributed by atoms with Gasteiger partial charge in [0.05, 0.1) is 0 Å².